The van der Waals surface area contributed by atoms with Crippen LogP contribution in [0.3, 0.4) is 0 Å². The zero-order chi connectivity index (χ0) is 25.1. The molecular formula is C34H44N2. The molecule has 36 heavy (non-hydrogen) atoms. The summed E-state index contributed by atoms with van der Waals surface area (Å²) in [5.41, 5.74) is 10.5. The second kappa shape index (κ2) is 11.3. The van der Waals surface area contributed by atoms with Gasteiger partial charge in [-0.3, -0.25) is 0 Å². The zero-order valence-corrected chi connectivity index (χ0v) is 22.5. The Labute approximate surface area is 219 Å². The van der Waals surface area contributed by atoms with Crippen molar-refractivity contribution in [3.63, 3.8) is 0 Å². The van der Waals surface area contributed by atoms with Crippen molar-refractivity contribution in [3.8, 4) is 0 Å². The van der Waals surface area contributed by atoms with Crippen molar-refractivity contribution in [2.75, 3.05) is 20.1 Å². The SMILES string of the molecule is C=C(C[C@H]1CCc2cccc(C3=CC=CC(CC)C3)c2C1)C(=N)C1=CC=C(CC2CCN(C)CC2)C1. The lowest BCUT2D eigenvalue weighted by Gasteiger charge is -2.29. The molecule has 2 atom stereocenters. The largest absolute Gasteiger partial charge is 0.306 e. The maximum Gasteiger partial charge on any atom is 0.0601 e. The molecule has 3 aliphatic carbocycles. The highest BCUT2D eigenvalue weighted by atomic mass is 15.1. The first-order valence-electron chi connectivity index (χ1n) is 14.3. The molecule has 0 amide bonds. The van der Waals surface area contributed by atoms with Gasteiger partial charge in [0, 0.05) is 0 Å². The number of hydrogen-bond donors (Lipinski definition) is 1. The molecule has 1 aromatic carbocycles. The second-order valence-corrected chi connectivity index (χ2v) is 11.8. The highest BCUT2D eigenvalue weighted by Gasteiger charge is 2.26. The zero-order valence-electron chi connectivity index (χ0n) is 22.5. The molecular weight excluding hydrogens is 436 g/mol. The third kappa shape index (κ3) is 5.75. The van der Waals surface area contributed by atoms with Crippen LogP contribution in [-0.2, 0) is 12.8 Å². The maximum absolute atomic E-state index is 8.91. The van der Waals surface area contributed by atoms with Gasteiger partial charge in [0.05, 0.1) is 5.71 Å². The number of allylic oxidation sites excluding steroid dienone is 9. The highest BCUT2D eigenvalue weighted by Crippen LogP contribution is 2.38. The number of benzene rings is 1. The lowest BCUT2D eigenvalue weighted by Crippen LogP contribution is -2.30. The fraction of sp³-hybridized carbons (Fsp3) is 0.500. The van der Waals surface area contributed by atoms with E-state index in [0.717, 1.165) is 43.6 Å². The van der Waals surface area contributed by atoms with E-state index in [1.165, 1.54) is 73.0 Å². The Balaban J connectivity index is 1.17. The molecule has 4 aliphatic rings. The minimum absolute atomic E-state index is 0.585. The van der Waals surface area contributed by atoms with E-state index in [4.69, 9.17) is 5.41 Å². The normalized spacial score (nSPS) is 24.7. The van der Waals surface area contributed by atoms with E-state index in [1.807, 2.05) is 0 Å². The maximum atomic E-state index is 8.91. The Bertz CT molecular complexity index is 1120. The highest BCUT2D eigenvalue weighted by molar-refractivity contribution is 6.10. The summed E-state index contributed by atoms with van der Waals surface area (Å²) in [6.45, 7) is 9.16. The van der Waals surface area contributed by atoms with Gasteiger partial charge in [-0.25, -0.2) is 0 Å². The molecule has 0 bridgehead atoms. The van der Waals surface area contributed by atoms with Crippen molar-refractivity contribution in [3.05, 3.63) is 88.6 Å². The van der Waals surface area contributed by atoms with Crippen LogP contribution in [-0.4, -0.2) is 30.7 Å². The van der Waals surface area contributed by atoms with Gasteiger partial charge in [0.1, 0.15) is 0 Å². The first-order chi connectivity index (χ1) is 17.5. The van der Waals surface area contributed by atoms with Crippen molar-refractivity contribution in [1.29, 1.82) is 5.41 Å². The van der Waals surface area contributed by atoms with Crippen LogP contribution >= 0.6 is 0 Å². The van der Waals surface area contributed by atoms with Crippen LogP contribution in [0.1, 0.15) is 75.0 Å². The van der Waals surface area contributed by atoms with E-state index in [-0.39, 0.29) is 0 Å². The van der Waals surface area contributed by atoms with Crippen LogP contribution in [0.5, 0.6) is 0 Å². The van der Waals surface area contributed by atoms with Gasteiger partial charge in [0.15, 0.2) is 0 Å². The van der Waals surface area contributed by atoms with Gasteiger partial charge >= 0.3 is 0 Å². The van der Waals surface area contributed by atoms with Crippen molar-refractivity contribution >= 4 is 11.3 Å². The summed E-state index contributed by atoms with van der Waals surface area (Å²) in [4.78, 5) is 2.45. The molecule has 5 rings (SSSR count). The molecule has 1 aromatic rings. The average Bonchev–Trinajstić information content (AvgIpc) is 3.37. The van der Waals surface area contributed by atoms with E-state index in [9.17, 15) is 0 Å². The quantitative estimate of drug-likeness (QED) is 0.374. The summed E-state index contributed by atoms with van der Waals surface area (Å²) in [7, 11) is 2.23. The van der Waals surface area contributed by atoms with Crippen molar-refractivity contribution in [2.24, 2.45) is 17.8 Å². The number of rotatable bonds is 8. The number of fused-ring (bicyclic) bond motifs is 1. The first kappa shape index (κ1) is 25.2. The Hall–Kier alpha value is -2.45. The van der Waals surface area contributed by atoms with E-state index in [0.29, 0.717) is 17.5 Å². The van der Waals surface area contributed by atoms with E-state index in [2.05, 4.69) is 74.0 Å². The monoisotopic (exact) mass is 480 g/mol. The predicted molar refractivity (Wildman–Crippen MR) is 155 cm³/mol. The third-order valence-electron chi connectivity index (χ3n) is 9.16. The summed E-state index contributed by atoms with van der Waals surface area (Å²) in [5.74, 6) is 2.07. The van der Waals surface area contributed by atoms with Crippen molar-refractivity contribution in [2.45, 2.75) is 71.1 Å². The van der Waals surface area contributed by atoms with Crippen molar-refractivity contribution < 1.29 is 0 Å². The smallest absolute Gasteiger partial charge is 0.0601 e. The van der Waals surface area contributed by atoms with Crippen LogP contribution in [0.25, 0.3) is 5.57 Å². The second-order valence-electron chi connectivity index (χ2n) is 11.8. The van der Waals surface area contributed by atoms with E-state index < -0.39 is 0 Å². The van der Waals surface area contributed by atoms with Crippen LogP contribution in [0.2, 0.25) is 0 Å². The number of nitrogens with one attached hydrogen (secondary N) is 1. The minimum Gasteiger partial charge on any atom is -0.306 e. The molecule has 2 heteroatoms. The van der Waals surface area contributed by atoms with Crippen molar-refractivity contribution in [1.82, 2.24) is 4.90 Å². The number of aryl methyl sites for hydroxylation is 1. The Kier molecular flexibility index (Phi) is 7.91. The number of hydrogen-bond acceptors (Lipinski definition) is 2. The van der Waals surface area contributed by atoms with E-state index in [1.54, 1.807) is 5.56 Å². The molecule has 2 nitrogen and oxygen atoms in total. The number of piperidine rings is 1. The summed E-state index contributed by atoms with van der Waals surface area (Å²) < 4.78 is 0. The minimum atomic E-state index is 0.585. The molecule has 1 saturated heterocycles. The van der Waals surface area contributed by atoms with Gasteiger partial charge in [-0.1, -0.05) is 67.7 Å². The lowest BCUT2D eigenvalue weighted by atomic mass is 9.76. The standard InChI is InChI=1S/C34H44N2/c1-4-25-7-5-9-30(21-25)32-10-6-8-29-13-11-27(23-33(29)32)19-24(2)34(35)31-14-12-28(22-31)20-26-15-17-36(3)18-16-26/h5-10,12,14,25-27,35H,2,4,11,13,15-23H2,1,3H3/t25?,27-/m1/s1. The van der Waals surface area contributed by atoms with Gasteiger partial charge in [-0.05, 0) is 136 Å². The Morgan fingerprint density at radius 3 is 2.69 bits per heavy atom. The van der Waals surface area contributed by atoms with Crippen LogP contribution in [0.15, 0.2) is 71.9 Å². The van der Waals surface area contributed by atoms with Crippen LogP contribution in [0.4, 0.5) is 0 Å². The van der Waals surface area contributed by atoms with E-state index >= 15 is 0 Å². The third-order valence-corrected chi connectivity index (χ3v) is 9.16. The summed E-state index contributed by atoms with van der Waals surface area (Å²) in [6.07, 6.45) is 23.1. The summed E-state index contributed by atoms with van der Waals surface area (Å²) >= 11 is 0. The first-order valence-corrected chi connectivity index (χ1v) is 14.3. The lowest BCUT2D eigenvalue weighted by molar-refractivity contribution is 0.218. The van der Waals surface area contributed by atoms with Gasteiger partial charge in [-0.15, -0.1) is 0 Å². The molecule has 1 unspecified atom stereocenters. The predicted octanol–water partition coefficient (Wildman–Crippen LogP) is 8.12. The van der Waals surface area contributed by atoms with Gasteiger partial charge < -0.3 is 10.3 Å². The summed E-state index contributed by atoms with van der Waals surface area (Å²) in [5, 5.41) is 8.91. The molecule has 190 valence electrons. The average molecular weight is 481 g/mol. The summed E-state index contributed by atoms with van der Waals surface area (Å²) in [6, 6.07) is 6.94. The van der Waals surface area contributed by atoms with Gasteiger partial charge in [-0.2, -0.15) is 0 Å². The van der Waals surface area contributed by atoms with Crippen LogP contribution in [0, 0.1) is 23.2 Å². The molecule has 0 spiro atoms. The Morgan fingerprint density at radius 1 is 1.06 bits per heavy atom. The number of nitrogens with zero attached hydrogens (tertiary/aromatic N) is 1. The molecule has 1 N–H and O–H groups in total. The molecule has 0 radical (unpaired) electrons. The fourth-order valence-electron chi connectivity index (χ4n) is 6.77. The molecule has 1 heterocycles. The number of likely N-dealkylation sites (tertiary alicyclic amines) is 1. The Morgan fingerprint density at radius 2 is 1.89 bits per heavy atom. The molecule has 1 fully saturated rings. The fourth-order valence-corrected chi connectivity index (χ4v) is 6.77. The van der Waals surface area contributed by atoms with Gasteiger partial charge in [0.2, 0.25) is 0 Å². The molecule has 1 aliphatic heterocycles. The van der Waals surface area contributed by atoms with Crippen LogP contribution < -0.4 is 0 Å². The van der Waals surface area contributed by atoms with Gasteiger partial charge in [0.25, 0.3) is 0 Å². The topological polar surface area (TPSA) is 27.1 Å². The molecule has 0 saturated carbocycles. The molecule has 0 aromatic heterocycles.